The Morgan fingerprint density at radius 3 is 2.50 bits per heavy atom. The van der Waals surface area contributed by atoms with Crippen LogP contribution in [0.15, 0.2) is 12.4 Å². The van der Waals surface area contributed by atoms with Crippen LogP contribution in [0, 0.1) is 0 Å². The van der Waals surface area contributed by atoms with Gasteiger partial charge in [-0.3, -0.25) is 16.2 Å². The Morgan fingerprint density at radius 2 is 2.05 bits per heavy atom. The first-order chi connectivity index (χ1) is 9.67. The SMILES string of the molecule is CCN(CC)C1(C(Cc2nccn2C)NN)CCCC1. The van der Waals surface area contributed by atoms with Crippen LogP contribution in [-0.2, 0) is 13.5 Å². The summed E-state index contributed by atoms with van der Waals surface area (Å²) in [4.78, 5) is 7.06. The van der Waals surface area contributed by atoms with Gasteiger partial charge in [0.1, 0.15) is 5.82 Å². The lowest BCUT2D eigenvalue weighted by Crippen LogP contribution is -2.62. The summed E-state index contributed by atoms with van der Waals surface area (Å²) >= 11 is 0. The van der Waals surface area contributed by atoms with Crippen molar-refractivity contribution in [1.82, 2.24) is 19.9 Å². The first-order valence-corrected chi connectivity index (χ1v) is 7.85. The minimum atomic E-state index is 0.185. The summed E-state index contributed by atoms with van der Waals surface area (Å²) in [6.07, 6.45) is 9.81. The van der Waals surface area contributed by atoms with Crippen molar-refractivity contribution in [3.05, 3.63) is 18.2 Å². The summed E-state index contributed by atoms with van der Waals surface area (Å²) in [5, 5.41) is 0. The molecule has 0 saturated heterocycles. The summed E-state index contributed by atoms with van der Waals surface area (Å²) in [5.41, 5.74) is 3.29. The second-order valence-electron chi connectivity index (χ2n) is 5.86. The summed E-state index contributed by atoms with van der Waals surface area (Å²) in [6, 6.07) is 0.256. The number of nitrogens with zero attached hydrogens (tertiary/aromatic N) is 3. The molecule has 0 aromatic carbocycles. The maximum Gasteiger partial charge on any atom is 0.110 e. The van der Waals surface area contributed by atoms with Crippen molar-refractivity contribution in [2.24, 2.45) is 12.9 Å². The van der Waals surface area contributed by atoms with E-state index in [4.69, 9.17) is 5.84 Å². The average Bonchev–Trinajstić information content (AvgIpc) is 3.08. The van der Waals surface area contributed by atoms with Gasteiger partial charge in [0.2, 0.25) is 0 Å². The molecule has 1 fully saturated rings. The Morgan fingerprint density at radius 1 is 1.40 bits per heavy atom. The number of hydrogen-bond donors (Lipinski definition) is 2. The van der Waals surface area contributed by atoms with E-state index < -0.39 is 0 Å². The third-order valence-electron chi connectivity index (χ3n) is 5.02. The highest BCUT2D eigenvalue weighted by Gasteiger charge is 2.44. The molecule has 3 N–H and O–H groups in total. The highest BCUT2D eigenvalue weighted by molar-refractivity contribution is 5.07. The van der Waals surface area contributed by atoms with Crippen molar-refractivity contribution >= 4 is 0 Å². The van der Waals surface area contributed by atoms with E-state index in [0.29, 0.717) is 0 Å². The smallest absolute Gasteiger partial charge is 0.110 e. The summed E-state index contributed by atoms with van der Waals surface area (Å²) in [6.45, 7) is 6.65. The first kappa shape index (κ1) is 15.5. The molecule has 2 rings (SSSR count). The lowest BCUT2D eigenvalue weighted by atomic mass is 9.84. The Bertz CT molecular complexity index is 404. The topological polar surface area (TPSA) is 59.1 Å². The van der Waals surface area contributed by atoms with Gasteiger partial charge in [0.25, 0.3) is 0 Å². The zero-order valence-corrected chi connectivity index (χ0v) is 13.1. The van der Waals surface area contributed by atoms with E-state index in [2.05, 4.69) is 40.8 Å². The molecule has 1 atom stereocenters. The van der Waals surface area contributed by atoms with Crippen LogP contribution in [0.5, 0.6) is 0 Å². The van der Waals surface area contributed by atoms with Crippen molar-refractivity contribution in [2.75, 3.05) is 13.1 Å². The van der Waals surface area contributed by atoms with Crippen LogP contribution in [-0.4, -0.2) is 39.1 Å². The number of hydrazine groups is 1. The van der Waals surface area contributed by atoms with Crippen LogP contribution in [0.1, 0.15) is 45.4 Å². The fraction of sp³-hybridized carbons (Fsp3) is 0.800. The van der Waals surface area contributed by atoms with E-state index in [-0.39, 0.29) is 11.6 Å². The van der Waals surface area contributed by atoms with Gasteiger partial charge in [-0.15, -0.1) is 0 Å². The van der Waals surface area contributed by atoms with Gasteiger partial charge in [0, 0.05) is 37.4 Å². The quantitative estimate of drug-likeness (QED) is 0.586. The normalized spacial score (nSPS) is 19.6. The number of rotatable bonds is 7. The van der Waals surface area contributed by atoms with Crippen molar-refractivity contribution in [3.8, 4) is 0 Å². The minimum Gasteiger partial charge on any atom is -0.338 e. The van der Waals surface area contributed by atoms with Gasteiger partial charge in [0.15, 0.2) is 0 Å². The van der Waals surface area contributed by atoms with E-state index in [1.807, 2.05) is 12.4 Å². The Hall–Kier alpha value is -0.910. The van der Waals surface area contributed by atoms with Gasteiger partial charge in [-0.25, -0.2) is 4.98 Å². The van der Waals surface area contributed by atoms with Crippen LogP contribution >= 0.6 is 0 Å². The molecule has 1 aromatic rings. The van der Waals surface area contributed by atoms with Crippen LogP contribution < -0.4 is 11.3 Å². The van der Waals surface area contributed by atoms with Gasteiger partial charge < -0.3 is 4.57 Å². The van der Waals surface area contributed by atoms with Crippen molar-refractivity contribution in [1.29, 1.82) is 0 Å². The second kappa shape index (κ2) is 6.70. The van der Waals surface area contributed by atoms with E-state index in [1.165, 1.54) is 25.7 Å². The second-order valence-corrected chi connectivity index (χ2v) is 5.86. The molecule has 0 spiro atoms. The molecule has 1 aliphatic carbocycles. The molecule has 1 saturated carbocycles. The lowest BCUT2D eigenvalue weighted by Gasteiger charge is -2.46. The first-order valence-electron chi connectivity index (χ1n) is 7.85. The zero-order valence-electron chi connectivity index (χ0n) is 13.1. The summed E-state index contributed by atoms with van der Waals surface area (Å²) in [7, 11) is 2.05. The maximum absolute atomic E-state index is 5.94. The van der Waals surface area contributed by atoms with Gasteiger partial charge in [0.05, 0.1) is 0 Å². The maximum atomic E-state index is 5.94. The molecular formula is C15H29N5. The molecule has 1 aromatic heterocycles. The molecule has 0 bridgehead atoms. The van der Waals surface area contributed by atoms with E-state index >= 15 is 0 Å². The number of nitrogens with two attached hydrogens (primary N) is 1. The minimum absolute atomic E-state index is 0.185. The molecule has 1 heterocycles. The molecule has 1 aliphatic rings. The summed E-state index contributed by atoms with van der Waals surface area (Å²) in [5.74, 6) is 7.04. The zero-order chi connectivity index (χ0) is 14.6. The van der Waals surface area contributed by atoms with Gasteiger partial charge in [-0.05, 0) is 25.9 Å². The molecular weight excluding hydrogens is 250 g/mol. The molecule has 0 amide bonds. The van der Waals surface area contributed by atoms with E-state index in [1.54, 1.807) is 0 Å². The van der Waals surface area contributed by atoms with Crippen molar-refractivity contribution in [3.63, 3.8) is 0 Å². The van der Waals surface area contributed by atoms with Crippen LogP contribution in [0.2, 0.25) is 0 Å². The molecule has 5 nitrogen and oxygen atoms in total. The van der Waals surface area contributed by atoms with Gasteiger partial charge >= 0.3 is 0 Å². The monoisotopic (exact) mass is 279 g/mol. The van der Waals surface area contributed by atoms with Gasteiger partial charge in [-0.2, -0.15) is 0 Å². The number of hydrogen-bond acceptors (Lipinski definition) is 4. The van der Waals surface area contributed by atoms with Crippen molar-refractivity contribution in [2.45, 2.75) is 57.5 Å². The number of nitrogens with one attached hydrogen (secondary N) is 1. The molecule has 0 radical (unpaired) electrons. The van der Waals surface area contributed by atoms with E-state index in [0.717, 1.165) is 25.3 Å². The predicted molar refractivity (Wildman–Crippen MR) is 82.1 cm³/mol. The Balaban J connectivity index is 2.23. The average molecular weight is 279 g/mol. The number of aromatic nitrogens is 2. The number of imidazole rings is 1. The largest absolute Gasteiger partial charge is 0.338 e. The third kappa shape index (κ3) is 2.75. The summed E-state index contributed by atoms with van der Waals surface area (Å²) < 4.78 is 2.09. The van der Waals surface area contributed by atoms with E-state index in [9.17, 15) is 0 Å². The highest BCUT2D eigenvalue weighted by Crippen LogP contribution is 2.38. The molecule has 1 unspecified atom stereocenters. The number of aryl methyl sites for hydroxylation is 1. The van der Waals surface area contributed by atoms with Crippen LogP contribution in [0.3, 0.4) is 0 Å². The Kier molecular flexibility index (Phi) is 5.18. The molecule has 5 heteroatoms. The predicted octanol–water partition coefficient (Wildman–Crippen LogP) is 1.45. The standard InChI is InChI=1S/C15H29N5/c1-4-20(5-2)15(8-6-7-9-15)13(18-16)12-14-17-10-11-19(14)3/h10-11,13,18H,4-9,12,16H2,1-3H3. The third-order valence-corrected chi connectivity index (χ3v) is 5.02. The van der Waals surface area contributed by atoms with Crippen molar-refractivity contribution < 1.29 is 0 Å². The lowest BCUT2D eigenvalue weighted by molar-refractivity contribution is 0.0620. The highest BCUT2D eigenvalue weighted by atomic mass is 15.3. The number of likely N-dealkylation sites (N-methyl/N-ethyl adjacent to an activating group) is 1. The fourth-order valence-electron chi connectivity index (χ4n) is 3.91. The van der Waals surface area contributed by atoms with Crippen LogP contribution in [0.4, 0.5) is 0 Å². The van der Waals surface area contributed by atoms with Gasteiger partial charge in [-0.1, -0.05) is 26.7 Å². The fourth-order valence-corrected chi connectivity index (χ4v) is 3.91. The Labute approximate surface area is 122 Å². The molecule has 0 aliphatic heterocycles. The molecule has 114 valence electrons. The molecule has 20 heavy (non-hydrogen) atoms. The van der Waals surface area contributed by atoms with Crippen LogP contribution in [0.25, 0.3) is 0 Å².